The maximum Gasteiger partial charge on any atom is 0.187 e. The van der Waals surface area contributed by atoms with Crippen LogP contribution in [0.2, 0.25) is 0 Å². The number of hydrogen-bond donors (Lipinski definition) is 1. The lowest BCUT2D eigenvalue weighted by molar-refractivity contribution is 0.104. The van der Waals surface area contributed by atoms with Crippen molar-refractivity contribution in [3.8, 4) is 0 Å². The summed E-state index contributed by atoms with van der Waals surface area (Å²) in [5.74, 6) is -0.0143. The molecule has 2 aromatic carbocycles. The minimum Gasteiger partial charge on any atom is -0.359 e. The van der Waals surface area contributed by atoms with Gasteiger partial charge in [0.2, 0.25) is 0 Å². The fraction of sp³-hybridized carbons (Fsp3) is 0.211. The minimum atomic E-state index is -0.335. The van der Waals surface area contributed by atoms with Gasteiger partial charge in [0.1, 0.15) is 5.82 Å². The van der Waals surface area contributed by atoms with E-state index in [9.17, 15) is 9.18 Å². The summed E-state index contributed by atoms with van der Waals surface area (Å²) in [7, 11) is 0. The molecule has 0 atom stereocenters. The first-order valence-electron chi connectivity index (χ1n) is 7.31. The Morgan fingerprint density at radius 2 is 1.82 bits per heavy atom. The van der Waals surface area contributed by atoms with E-state index in [4.69, 9.17) is 0 Å². The van der Waals surface area contributed by atoms with Gasteiger partial charge < -0.3 is 5.32 Å². The average Bonchev–Trinajstić information content (AvgIpc) is 2.49. The molecule has 2 rings (SSSR count). The molecule has 0 saturated carbocycles. The zero-order chi connectivity index (χ0) is 16.1. The van der Waals surface area contributed by atoms with E-state index in [-0.39, 0.29) is 11.6 Å². The highest BCUT2D eigenvalue weighted by molar-refractivity contribution is 6.04. The van der Waals surface area contributed by atoms with Crippen molar-refractivity contribution in [2.24, 2.45) is 0 Å². The predicted molar refractivity (Wildman–Crippen MR) is 88.8 cm³/mol. The summed E-state index contributed by atoms with van der Waals surface area (Å²) in [6.07, 6.45) is 2.87. The number of anilines is 1. The molecule has 0 fully saturated rings. The molecule has 2 aromatic rings. The Hall–Kier alpha value is -2.42. The summed E-state index contributed by atoms with van der Waals surface area (Å²) in [5.41, 5.74) is 3.02. The van der Waals surface area contributed by atoms with E-state index in [1.54, 1.807) is 6.07 Å². The van der Waals surface area contributed by atoms with Crippen molar-refractivity contribution in [2.45, 2.75) is 26.7 Å². The van der Waals surface area contributed by atoms with E-state index in [2.05, 4.69) is 19.2 Å². The van der Waals surface area contributed by atoms with Crippen molar-refractivity contribution < 1.29 is 9.18 Å². The van der Waals surface area contributed by atoms with Gasteiger partial charge in [0, 0.05) is 17.8 Å². The highest BCUT2D eigenvalue weighted by atomic mass is 19.1. The maximum atomic E-state index is 13.6. The second-order valence-corrected chi connectivity index (χ2v) is 5.60. The largest absolute Gasteiger partial charge is 0.359 e. The highest BCUT2D eigenvalue weighted by Crippen LogP contribution is 2.16. The fourth-order valence-corrected chi connectivity index (χ4v) is 2.07. The first-order chi connectivity index (χ1) is 10.5. The van der Waals surface area contributed by atoms with Crippen LogP contribution in [0.3, 0.4) is 0 Å². The molecule has 0 heterocycles. The first kappa shape index (κ1) is 16.0. The molecular formula is C19H20FNO. The molecule has 0 aliphatic heterocycles. The number of aryl methyl sites for hydroxylation is 1. The van der Waals surface area contributed by atoms with Crippen LogP contribution in [0.25, 0.3) is 0 Å². The molecule has 0 aliphatic rings. The standard InChI is InChI=1S/C19H20FNO/c1-13(2)15-5-7-16(8-6-15)19(22)10-11-21-18-9-4-14(3)12-17(18)20/h4-13,21H,1-3H3/b11-10+. The number of allylic oxidation sites excluding steroid dienone is 1. The van der Waals surface area contributed by atoms with E-state index in [1.165, 1.54) is 23.9 Å². The average molecular weight is 297 g/mol. The van der Waals surface area contributed by atoms with Crippen molar-refractivity contribution in [2.75, 3.05) is 5.32 Å². The van der Waals surface area contributed by atoms with Crippen molar-refractivity contribution in [1.29, 1.82) is 0 Å². The van der Waals surface area contributed by atoms with Gasteiger partial charge in [-0.2, -0.15) is 0 Å². The monoisotopic (exact) mass is 297 g/mol. The third-order valence-electron chi connectivity index (χ3n) is 3.46. The summed E-state index contributed by atoms with van der Waals surface area (Å²) < 4.78 is 13.6. The van der Waals surface area contributed by atoms with Gasteiger partial charge in [-0.3, -0.25) is 4.79 Å². The lowest BCUT2D eigenvalue weighted by atomic mass is 10.0. The van der Waals surface area contributed by atoms with Crippen LogP contribution in [0.5, 0.6) is 0 Å². The minimum absolute atomic E-state index is 0.115. The van der Waals surface area contributed by atoms with Crippen LogP contribution in [-0.4, -0.2) is 5.78 Å². The van der Waals surface area contributed by atoms with E-state index in [0.29, 0.717) is 17.2 Å². The van der Waals surface area contributed by atoms with Crippen LogP contribution in [0.4, 0.5) is 10.1 Å². The molecule has 0 aliphatic carbocycles. The van der Waals surface area contributed by atoms with Gasteiger partial charge in [-0.05, 0) is 36.1 Å². The van der Waals surface area contributed by atoms with Crippen LogP contribution < -0.4 is 5.32 Å². The Bertz CT molecular complexity index is 687. The third kappa shape index (κ3) is 4.04. The van der Waals surface area contributed by atoms with E-state index in [0.717, 1.165) is 5.56 Å². The van der Waals surface area contributed by atoms with Crippen molar-refractivity contribution in [1.82, 2.24) is 0 Å². The zero-order valence-corrected chi connectivity index (χ0v) is 13.1. The van der Waals surface area contributed by atoms with Gasteiger partial charge >= 0.3 is 0 Å². The first-order valence-corrected chi connectivity index (χ1v) is 7.31. The molecule has 22 heavy (non-hydrogen) atoms. The molecule has 0 saturated heterocycles. The van der Waals surface area contributed by atoms with Crippen molar-refractivity contribution in [3.63, 3.8) is 0 Å². The predicted octanol–water partition coefficient (Wildman–Crippen LogP) is 5.07. The molecular weight excluding hydrogens is 277 g/mol. The normalized spacial score (nSPS) is 11.1. The Balaban J connectivity index is 2.02. The quantitative estimate of drug-likeness (QED) is 0.617. The van der Waals surface area contributed by atoms with Gasteiger partial charge in [0.25, 0.3) is 0 Å². The Morgan fingerprint density at radius 3 is 2.41 bits per heavy atom. The summed E-state index contributed by atoms with van der Waals surface area (Å²) in [5, 5.41) is 2.79. The van der Waals surface area contributed by atoms with Crippen molar-refractivity contribution in [3.05, 3.63) is 77.2 Å². The van der Waals surface area contributed by atoms with Crippen LogP contribution in [-0.2, 0) is 0 Å². The molecule has 0 unspecified atom stereocenters. The van der Waals surface area contributed by atoms with Crippen LogP contribution in [0, 0.1) is 12.7 Å². The SMILES string of the molecule is Cc1ccc(N/C=C/C(=O)c2ccc(C(C)C)cc2)c(F)c1. The molecule has 114 valence electrons. The molecule has 0 spiro atoms. The lowest BCUT2D eigenvalue weighted by Gasteiger charge is -2.05. The van der Waals surface area contributed by atoms with E-state index < -0.39 is 0 Å². The molecule has 0 radical (unpaired) electrons. The smallest absolute Gasteiger partial charge is 0.187 e. The van der Waals surface area contributed by atoms with Gasteiger partial charge in [-0.15, -0.1) is 0 Å². The molecule has 0 amide bonds. The highest BCUT2D eigenvalue weighted by Gasteiger charge is 2.04. The summed E-state index contributed by atoms with van der Waals surface area (Å²) in [6, 6.07) is 12.5. The summed E-state index contributed by atoms with van der Waals surface area (Å²) in [6.45, 7) is 6.04. The Labute approximate surface area is 130 Å². The zero-order valence-electron chi connectivity index (χ0n) is 13.1. The van der Waals surface area contributed by atoms with Crippen LogP contribution in [0.1, 0.15) is 41.3 Å². The molecule has 1 N–H and O–H groups in total. The van der Waals surface area contributed by atoms with Gasteiger partial charge in [-0.1, -0.05) is 44.2 Å². The molecule has 3 heteroatoms. The lowest BCUT2D eigenvalue weighted by Crippen LogP contribution is -1.98. The molecule has 0 bridgehead atoms. The number of ketones is 1. The Morgan fingerprint density at radius 1 is 1.14 bits per heavy atom. The Kier molecular flexibility index (Phi) is 5.10. The van der Waals surface area contributed by atoms with Gasteiger partial charge in [0.05, 0.1) is 5.69 Å². The van der Waals surface area contributed by atoms with Crippen LogP contribution in [0.15, 0.2) is 54.7 Å². The number of benzene rings is 2. The molecule has 2 nitrogen and oxygen atoms in total. The number of carbonyl (C=O) groups excluding carboxylic acids is 1. The van der Waals surface area contributed by atoms with Gasteiger partial charge in [0.15, 0.2) is 5.78 Å². The second kappa shape index (κ2) is 7.03. The fourth-order valence-electron chi connectivity index (χ4n) is 2.07. The number of nitrogens with one attached hydrogen (secondary N) is 1. The number of hydrogen-bond acceptors (Lipinski definition) is 2. The third-order valence-corrected chi connectivity index (χ3v) is 3.46. The van der Waals surface area contributed by atoms with Crippen LogP contribution >= 0.6 is 0 Å². The summed E-state index contributed by atoms with van der Waals surface area (Å²) >= 11 is 0. The van der Waals surface area contributed by atoms with E-state index >= 15 is 0 Å². The van der Waals surface area contributed by atoms with Crippen molar-refractivity contribution >= 4 is 11.5 Å². The summed E-state index contributed by atoms with van der Waals surface area (Å²) in [4.78, 5) is 12.0. The number of rotatable bonds is 5. The second-order valence-electron chi connectivity index (χ2n) is 5.60. The number of halogens is 1. The number of carbonyl (C=O) groups is 1. The van der Waals surface area contributed by atoms with E-state index in [1.807, 2.05) is 37.3 Å². The molecule has 0 aromatic heterocycles. The maximum absolute atomic E-state index is 13.6. The topological polar surface area (TPSA) is 29.1 Å². The van der Waals surface area contributed by atoms with Gasteiger partial charge in [-0.25, -0.2) is 4.39 Å².